The second-order valence-corrected chi connectivity index (χ2v) is 6.32. The van der Waals surface area contributed by atoms with Crippen LogP contribution in [0.4, 0.5) is 0 Å². The van der Waals surface area contributed by atoms with E-state index in [-0.39, 0.29) is 6.10 Å². The molecular formula is C17H28N2O. The zero-order valence-electron chi connectivity index (χ0n) is 12.7. The lowest BCUT2D eigenvalue weighted by atomic mass is 9.83. The Labute approximate surface area is 122 Å². The highest BCUT2D eigenvalue weighted by atomic mass is 16.3. The van der Waals surface area contributed by atoms with Crippen molar-refractivity contribution in [2.24, 2.45) is 11.7 Å². The Bertz CT molecular complexity index is 383. The third-order valence-corrected chi connectivity index (χ3v) is 4.57. The normalized spacial score (nSPS) is 29.3. The lowest BCUT2D eigenvalue weighted by molar-refractivity contribution is 0.0412. The second kappa shape index (κ2) is 7.21. The van der Waals surface area contributed by atoms with Gasteiger partial charge in [0.05, 0.1) is 6.10 Å². The SMILES string of the molecule is C[C@@H]1CC(CC(O)CN)C[C@H](C)N1Cc1ccccc1. The zero-order valence-corrected chi connectivity index (χ0v) is 12.7. The molecule has 3 heteroatoms. The van der Waals surface area contributed by atoms with Crippen molar-refractivity contribution in [3.8, 4) is 0 Å². The Morgan fingerprint density at radius 3 is 2.35 bits per heavy atom. The molecule has 20 heavy (non-hydrogen) atoms. The Kier molecular flexibility index (Phi) is 5.58. The van der Waals surface area contributed by atoms with Gasteiger partial charge in [-0.1, -0.05) is 30.3 Å². The van der Waals surface area contributed by atoms with Crippen molar-refractivity contribution < 1.29 is 5.11 Å². The minimum atomic E-state index is -0.333. The highest BCUT2D eigenvalue weighted by Crippen LogP contribution is 2.31. The molecule has 0 saturated carbocycles. The average molecular weight is 276 g/mol. The Hall–Kier alpha value is -0.900. The van der Waals surface area contributed by atoms with Gasteiger partial charge in [-0.25, -0.2) is 0 Å². The minimum absolute atomic E-state index is 0.333. The van der Waals surface area contributed by atoms with Crippen LogP contribution in [0, 0.1) is 5.92 Å². The van der Waals surface area contributed by atoms with Crippen molar-refractivity contribution in [1.29, 1.82) is 0 Å². The van der Waals surface area contributed by atoms with E-state index in [0.717, 1.165) is 25.8 Å². The van der Waals surface area contributed by atoms with E-state index in [4.69, 9.17) is 5.73 Å². The molecule has 4 atom stereocenters. The van der Waals surface area contributed by atoms with Crippen molar-refractivity contribution >= 4 is 0 Å². The Morgan fingerprint density at radius 2 is 1.80 bits per heavy atom. The van der Waals surface area contributed by atoms with Crippen molar-refractivity contribution in [3.63, 3.8) is 0 Å². The molecule has 0 spiro atoms. The van der Waals surface area contributed by atoms with Crippen molar-refractivity contribution in [2.45, 2.75) is 57.8 Å². The summed E-state index contributed by atoms with van der Waals surface area (Å²) in [5, 5.41) is 9.75. The molecule has 1 fully saturated rings. The summed E-state index contributed by atoms with van der Waals surface area (Å²) in [6.45, 7) is 6.02. The maximum Gasteiger partial charge on any atom is 0.0665 e. The van der Waals surface area contributed by atoms with Gasteiger partial charge < -0.3 is 10.8 Å². The minimum Gasteiger partial charge on any atom is -0.392 e. The van der Waals surface area contributed by atoms with Crippen molar-refractivity contribution in [2.75, 3.05) is 6.54 Å². The summed E-state index contributed by atoms with van der Waals surface area (Å²) in [4.78, 5) is 2.58. The number of piperidine rings is 1. The first kappa shape index (κ1) is 15.5. The average Bonchev–Trinajstić information content (AvgIpc) is 2.44. The van der Waals surface area contributed by atoms with Crippen molar-refractivity contribution in [1.82, 2.24) is 4.90 Å². The number of likely N-dealkylation sites (tertiary alicyclic amines) is 1. The van der Waals surface area contributed by atoms with Gasteiger partial charge in [0.25, 0.3) is 0 Å². The first-order valence-electron chi connectivity index (χ1n) is 7.78. The van der Waals surface area contributed by atoms with Gasteiger partial charge in [0.1, 0.15) is 0 Å². The number of nitrogens with zero attached hydrogens (tertiary/aromatic N) is 1. The van der Waals surface area contributed by atoms with Gasteiger partial charge >= 0.3 is 0 Å². The van der Waals surface area contributed by atoms with Crippen LogP contribution in [-0.4, -0.2) is 34.7 Å². The highest BCUT2D eigenvalue weighted by Gasteiger charge is 2.31. The fourth-order valence-corrected chi connectivity index (χ4v) is 3.55. The maximum atomic E-state index is 9.75. The quantitative estimate of drug-likeness (QED) is 0.868. The van der Waals surface area contributed by atoms with Crippen LogP contribution < -0.4 is 5.73 Å². The van der Waals surface area contributed by atoms with Crippen LogP contribution >= 0.6 is 0 Å². The van der Waals surface area contributed by atoms with Gasteiger partial charge in [0.2, 0.25) is 0 Å². The van der Waals surface area contributed by atoms with E-state index >= 15 is 0 Å². The molecule has 1 saturated heterocycles. The summed E-state index contributed by atoms with van der Waals surface area (Å²) in [5.41, 5.74) is 6.91. The molecule has 112 valence electrons. The highest BCUT2D eigenvalue weighted by molar-refractivity contribution is 5.15. The summed E-state index contributed by atoms with van der Waals surface area (Å²) < 4.78 is 0. The third-order valence-electron chi connectivity index (χ3n) is 4.57. The van der Waals surface area contributed by atoms with E-state index < -0.39 is 0 Å². The second-order valence-electron chi connectivity index (χ2n) is 6.32. The van der Waals surface area contributed by atoms with Crippen LogP contribution in [0.3, 0.4) is 0 Å². The smallest absolute Gasteiger partial charge is 0.0665 e. The number of rotatable bonds is 5. The monoisotopic (exact) mass is 276 g/mol. The van der Waals surface area contributed by atoms with Crippen LogP contribution in [0.1, 0.15) is 38.7 Å². The first-order chi connectivity index (χ1) is 9.60. The molecule has 2 unspecified atom stereocenters. The molecule has 1 aromatic rings. The number of aliphatic hydroxyl groups excluding tert-OH is 1. The third kappa shape index (κ3) is 4.05. The van der Waals surface area contributed by atoms with E-state index in [0.29, 0.717) is 24.5 Å². The van der Waals surface area contributed by atoms with E-state index in [1.165, 1.54) is 5.56 Å². The van der Waals surface area contributed by atoms with Gasteiger partial charge in [-0.3, -0.25) is 4.90 Å². The first-order valence-corrected chi connectivity index (χ1v) is 7.78. The van der Waals surface area contributed by atoms with Gasteiger partial charge in [-0.05, 0) is 44.6 Å². The van der Waals surface area contributed by atoms with Crippen LogP contribution in [0.2, 0.25) is 0 Å². The molecule has 0 amide bonds. The molecule has 1 heterocycles. The number of benzene rings is 1. The van der Waals surface area contributed by atoms with Gasteiger partial charge in [-0.2, -0.15) is 0 Å². The van der Waals surface area contributed by atoms with Crippen LogP contribution in [0.15, 0.2) is 30.3 Å². The molecule has 1 aliphatic heterocycles. The molecule has 0 bridgehead atoms. The molecule has 0 radical (unpaired) electrons. The molecule has 0 aliphatic carbocycles. The number of nitrogens with two attached hydrogens (primary N) is 1. The van der Waals surface area contributed by atoms with Gasteiger partial charge in [0, 0.05) is 25.2 Å². The lowest BCUT2D eigenvalue weighted by Gasteiger charge is -2.43. The van der Waals surface area contributed by atoms with E-state index in [9.17, 15) is 5.11 Å². The largest absolute Gasteiger partial charge is 0.392 e. The van der Waals surface area contributed by atoms with E-state index in [1.54, 1.807) is 0 Å². The summed E-state index contributed by atoms with van der Waals surface area (Å²) in [5.74, 6) is 0.602. The summed E-state index contributed by atoms with van der Waals surface area (Å²) in [6.07, 6.45) is 2.84. The van der Waals surface area contributed by atoms with E-state index in [1.807, 2.05) is 0 Å². The number of aliphatic hydroxyl groups is 1. The molecule has 0 aromatic heterocycles. The maximum absolute atomic E-state index is 9.75. The predicted octanol–water partition coefficient (Wildman–Crippen LogP) is 2.39. The molecule has 1 aliphatic rings. The molecule has 3 nitrogen and oxygen atoms in total. The Morgan fingerprint density at radius 1 is 1.20 bits per heavy atom. The van der Waals surface area contributed by atoms with Crippen LogP contribution in [0.25, 0.3) is 0 Å². The summed E-state index contributed by atoms with van der Waals surface area (Å²) in [6, 6.07) is 11.8. The zero-order chi connectivity index (χ0) is 14.5. The molecule has 2 rings (SSSR count). The number of hydrogen-bond acceptors (Lipinski definition) is 3. The molecule has 1 aromatic carbocycles. The predicted molar refractivity (Wildman–Crippen MR) is 83.3 cm³/mol. The Balaban J connectivity index is 1.93. The van der Waals surface area contributed by atoms with Crippen LogP contribution in [-0.2, 0) is 6.54 Å². The molecular weight excluding hydrogens is 248 g/mol. The van der Waals surface area contributed by atoms with Crippen LogP contribution in [0.5, 0.6) is 0 Å². The standard InChI is InChI=1S/C17H28N2O/c1-13-8-16(10-17(20)11-18)9-14(2)19(13)12-15-6-4-3-5-7-15/h3-7,13-14,16-17,20H,8-12,18H2,1-2H3/t13-,14+,16?,17?. The fraction of sp³-hybridized carbons (Fsp3) is 0.647. The number of hydrogen-bond donors (Lipinski definition) is 2. The lowest BCUT2D eigenvalue weighted by Crippen LogP contribution is -2.46. The topological polar surface area (TPSA) is 49.5 Å². The summed E-state index contributed by atoms with van der Waals surface area (Å²) in [7, 11) is 0. The fourth-order valence-electron chi connectivity index (χ4n) is 3.55. The van der Waals surface area contributed by atoms with Gasteiger partial charge in [-0.15, -0.1) is 0 Å². The van der Waals surface area contributed by atoms with Crippen molar-refractivity contribution in [3.05, 3.63) is 35.9 Å². The van der Waals surface area contributed by atoms with E-state index in [2.05, 4.69) is 49.1 Å². The van der Waals surface area contributed by atoms with Gasteiger partial charge in [0.15, 0.2) is 0 Å². The molecule has 3 N–H and O–H groups in total. The summed E-state index contributed by atoms with van der Waals surface area (Å²) >= 11 is 0.